The number of halogens is 4. The van der Waals surface area contributed by atoms with E-state index in [1.807, 2.05) is 0 Å². The molecule has 1 aromatic rings. The number of anilines is 1. The van der Waals surface area contributed by atoms with E-state index in [0.717, 1.165) is 12.1 Å². The van der Waals surface area contributed by atoms with Crippen molar-refractivity contribution in [1.29, 1.82) is 0 Å². The molecule has 1 atom stereocenters. The Morgan fingerprint density at radius 2 is 2.00 bits per heavy atom. The second-order valence-electron chi connectivity index (χ2n) is 3.95. The molecule has 2 N–H and O–H groups in total. The van der Waals surface area contributed by atoms with Crippen LogP contribution >= 0.6 is 0 Å². The zero-order valence-corrected chi connectivity index (χ0v) is 10.4. The highest BCUT2D eigenvalue weighted by Crippen LogP contribution is 2.33. The number of amides is 1. The zero-order chi connectivity index (χ0) is 14.6. The third-order valence-electron chi connectivity index (χ3n) is 2.40. The molecule has 0 aliphatic carbocycles. The summed E-state index contributed by atoms with van der Waals surface area (Å²) in [5.41, 5.74) is -1.33. The number of benzene rings is 1. The van der Waals surface area contributed by atoms with Crippen molar-refractivity contribution in [2.24, 2.45) is 0 Å². The van der Waals surface area contributed by atoms with E-state index in [9.17, 15) is 22.4 Å². The molecule has 0 spiro atoms. The number of carbonyl (C=O) groups excluding carboxylic acids is 1. The van der Waals surface area contributed by atoms with E-state index < -0.39 is 23.6 Å². The molecule has 19 heavy (non-hydrogen) atoms. The van der Waals surface area contributed by atoms with Crippen LogP contribution in [0.1, 0.15) is 19.4 Å². The van der Waals surface area contributed by atoms with Gasteiger partial charge in [-0.2, -0.15) is 13.2 Å². The van der Waals surface area contributed by atoms with Crippen molar-refractivity contribution in [2.45, 2.75) is 26.1 Å². The van der Waals surface area contributed by atoms with Gasteiger partial charge < -0.3 is 10.6 Å². The number of hydrogen-bond acceptors (Lipinski definition) is 2. The predicted octanol–water partition coefficient (Wildman–Crippen LogP) is 2.78. The van der Waals surface area contributed by atoms with Crippen LogP contribution in [0.4, 0.5) is 23.2 Å². The van der Waals surface area contributed by atoms with Crippen molar-refractivity contribution >= 4 is 11.6 Å². The molecule has 0 radical (unpaired) electrons. The number of nitrogens with one attached hydrogen (secondary N) is 2. The Kier molecular flexibility index (Phi) is 4.74. The number of hydrogen-bond donors (Lipinski definition) is 2. The minimum absolute atomic E-state index is 0.0347. The first-order valence-corrected chi connectivity index (χ1v) is 5.66. The average molecular weight is 278 g/mol. The van der Waals surface area contributed by atoms with Crippen LogP contribution in [0.3, 0.4) is 0 Å². The Bertz CT molecular complexity index is 460. The Balaban J connectivity index is 2.89. The molecule has 0 fully saturated rings. The topological polar surface area (TPSA) is 41.1 Å². The highest BCUT2D eigenvalue weighted by molar-refractivity contribution is 5.84. The Morgan fingerprint density at radius 1 is 1.37 bits per heavy atom. The van der Waals surface area contributed by atoms with Gasteiger partial charge >= 0.3 is 6.18 Å². The van der Waals surface area contributed by atoms with E-state index in [4.69, 9.17) is 0 Å². The first-order valence-electron chi connectivity index (χ1n) is 5.66. The van der Waals surface area contributed by atoms with Gasteiger partial charge in [0.2, 0.25) is 5.91 Å². The standard InChI is InChI=1S/C12H14F4N2O/c1-3-17-11(19)7(2)18-8-4-5-10(13)9(6-8)12(14,15)16/h4-7,18H,3H2,1-2H3,(H,17,19). The molecule has 7 heteroatoms. The third-order valence-corrected chi connectivity index (χ3v) is 2.40. The lowest BCUT2D eigenvalue weighted by atomic mass is 10.1. The second-order valence-corrected chi connectivity index (χ2v) is 3.95. The minimum Gasteiger partial charge on any atom is -0.374 e. The molecular formula is C12H14F4N2O. The van der Waals surface area contributed by atoms with Crippen molar-refractivity contribution in [3.8, 4) is 0 Å². The molecule has 0 aliphatic rings. The summed E-state index contributed by atoms with van der Waals surface area (Å²) < 4.78 is 50.6. The van der Waals surface area contributed by atoms with E-state index in [0.29, 0.717) is 12.6 Å². The molecule has 0 saturated carbocycles. The van der Waals surface area contributed by atoms with Crippen LogP contribution in [0, 0.1) is 5.82 Å². The average Bonchev–Trinajstić information content (AvgIpc) is 2.30. The summed E-state index contributed by atoms with van der Waals surface area (Å²) in [5.74, 6) is -1.69. The minimum atomic E-state index is -4.77. The van der Waals surface area contributed by atoms with Crippen molar-refractivity contribution < 1.29 is 22.4 Å². The molecular weight excluding hydrogens is 264 g/mol. The first-order chi connectivity index (χ1) is 8.75. The maximum atomic E-state index is 13.1. The molecule has 0 heterocycles. The van der Waals surface area contributed by atoms with Gasteiger partial charge in [0.05, 0.1) is 5.56 Å². The van der Waals surface area contributed by atoms with Gasteiger partial charge in [-0.3, -0.25) is 4.79 Å². The van der Waals surface area contributed by atoms with Crippen LogP contribution in [-0.4, -0.2) is 18.5 Å². The number of alkyl halides is 3. The summed E-state index contributed by atoms with van der Waals surface area (Å²) >= 11 is 0. The number of likely N-dealkylation sites (N-methyl/N-ethyl adjacent to an activating group) is 1. The van der Waals surface area contributed by atoms with Crippen molar-refractivity contribution in [3.05, 3.63) is 29.6 Å². The monoisotopic (exact) mass is 278 g/mol. The zero-order valence-electron chi connectivity index (χ0n) is 10.4. The largest absolute Gasteiger partial charge is 0.419 e. The van der Waals surface area contributed by atoms with Crippen molar-refractivity contribution in [1.82, 2.24) is 5.32 Å². The molecule has 1 aromatic carbocycles. The molecule has 0 saturated heterocycles. The third kappa shape index (κ3) is 4.11. The first kappa shape index (κ1) is 15.3. The molecule has 1 unspecified atom stereocenters. The second kappa shape index (κ2) is 5.90. The lowest BCUT2D eigenvalue weighted by Crippen LogP contribution is -2.37. The van der Waals surface area contributed by atoms with Crippen molar-refractivity contribution in [2.75, 3.05) is 11.9 Å². The van der Waals surface area contributed by atoms with Crippen LogP contribution in [0.5, 0.6) is 0 Å². The summed E-state index contributed by atoms with van der Waals surface area (Å²) in [4.78, 5) is 11.4. The van der Waals surface area contributed by atoms with Crippen LogP contribution in [0.15, 0.2) is 18.2 Å². The maximum Gasteiger partial charge on any atom is 0.419 e. The Hall–Kier alpha value is -1.79. The van der Waals surface area contributed by atoms with Crippen molar-refractivity contribution in [3.63, 3.8) is 0 Å². The van der Waals surface area contributed by atoms with E-state index in [-0.39, 0.29) is 11.6 Å². The van der Waals surface area contributed by atoms with Gasteiger partial charge in [0.15, 0.2) is 0 Å². The number of rotatable bonds is 4. The highest BCUT2D eigenvalue weighted by atomic mass is 19.4. The lowest BCUT2D eigenvalue weighted by Gasteiger charge is -2.16. The maximum absolute atomic E-state index is 13.1. The molecule has 106 valence electrons. The van der Waals surface area contributed by atoms with Gasteiger partial charge in [-0.1, -0.05) is 0 Å². The summed E-state index contributed by atoms with van der Waals surface area (Å²) in [6, 6.07) is 1.80. The lowest BCUT2D eigenvalue weighted by molar-refractivity contribution is -0.139. The summed E-state index contributed by atoms with van der Waals surface area (Å²) in [6.45, 7) is 3.65. The van der Waals surface area contributed by atoms with Gasteiger partial charge in [0.1, 0.15) is 11.9 Å². The fourth-order valence-electron chi connectivity index (χ4n) is 1.48. The van der Waals surface area contributed by atoms with Gasteiger partial charge in [-0.25, -0.2) is 4.39 Å². The summed E-state index contributed by atoms with van der Waals surface area (Å²) in [5, 5.41) is 5.11. The summed E-state index contributed by atoms with van der Waals surface area (Å²) in [7, 11) is 0. The molecule has 3 nitrogen and oxygen atoms in total. The van der Waals surface area contributed by atoms with Crippen LogP contribution in [0.2, 0.25) is 0 Å². The smallest absolute Gasteiger partial charge is 0.374 e. The van der Waals surface area contributed by atoms with E-state index in [1.165, 1.54) is 6.92 Å². The van der Waals surface area contributed by atoms with Gasteiger partial charge in [0, 0.05) is 12.2 Å². The Labute approximate surface area is 108 Å². The fraction of sp³-hybridized carbons (Fsp3) is 0.417. The highest BCUT2D eigenvalue weighted by Gasteiger charge is 2.34. The number of carbonyl (C=O) groups is 1. The van der Waals surface area contributed by atoms with E-state index in [2.05, 4.69) is 10.6 Å². The van der Waals surface area contributed by atoms with Crippen LogP contribution in [-0.2, 0) is 11.0 Å². The molecule has 0 aromatic heterocycles. The molecule has 1 amide bonds. The molecule has 1 rings (SSSR count). The predicted molar refractivity (Wildman–Crippen MR) is 63.2 cm³/mol. The summed E-state index contributed by atoms with van der Waals surface area (Å²) in [6.07, 6.45) is -4.77. The Morgan fingerprint density at radius 3 is 2.53 bits per heavy atom. The van der Waals surface area contributed by atoms with Crippen LogP contribution < -0.4 is 10.6 Å². The molecule has 0 bridgehead atoms. The fourth-order valence-corrected chi connectivity index (χ4v) is 1.48. The van der Waals surface area contributed by atoms with Gasteiger partial charge in [0.25, 0.3) is 0 Å². The quantitative estimate of drug-likeness (QED) is 0.831. The van der Waals surface area contributed by atoms with Crippen LogP contribution in [0.25, 0.3) is 0 Å². The van der Waals surface area contributed by atoms with E-state index >= 15 is 0 Å². The van der Waals surface area contributed by atoms with Gasteiger partial charge in [-0.05, 0) is 32.0 Å². The molecule has 0 aliphatic heterocycles. The SMILES string of the molecule is CCNC(=O)C(C)Nc1ccc(F)c(C(F)(F)F)c1. The van der Waals surface area contributed by atoms with E-state index in [1.54, 1.807) is 6.92 Å². The van der Waals surface area contributed by atoms with Gasteiger partial charge in [-0.15, -0.1) is 0 Å². The normalized spacial score (nSPS) is 12.9.